The van der Waals surface area contributed by atoms with Gasteiger partial charge in [-0.15, -0.1) is 0 Å². The van der Waals surface area contributed by atoms with E-state index in [0.29, 0.717) is 6.61 Å². The number of hydrogen-bond donors (Lipinski definition) is 1. The van der Waals surface area contributed by atoms with Gasteiger partial charge in [0.15, 0.2) is 0 Å². The zero-order valence-corrected chi connectivity index (χ0v) is 13.3. The standard InChI is InChI=1S/C17H20BrNO/c1-3-14(19)10-16-15-7-5-4-6-13(15)8-9-17(16)20-11-12(2)18/h4-9,14H,2-3,10-11,19H2,1H3. The van der Waals surface area contributed by atoms with Crippen LogP contribution in [0.1, 0.15) is 18.9 Å². The Morgan fingerprint density at radius 2 is 2.05 bits per heavy atom. The first-order valence-electron chi connectivity index (χ1n) is 6.84. The number of hydrogen-bond acceptors (Lipinski definition) is 2. The van der Waals surface area contributed by atoms with Gasteiger partial charge in [-0.2, -0.15) is 0 Å². The molecule has 0 radical (unpaired) electrons. The highest BCUT2D eigenvalue weighted by molar-refractivity contribution is 9.11. The van der Waals surface area contributed by atoms with E-state index in [1.165, 1.54) is 16.3 Å². The molecular formula is C17H20BrNO. The molecule has 3 heteroatoms. The van der Waals surface area contributed by atoms with Gasteiger partial charge in [0.1, 0.15) is 12.4 Å². The number of ether oxygens (including phenoxy) is 1. The molecule has 2 aromatic carbocycles. The van der Waals surface area contributed by atoms with E-state index >= 15 is 0 Å². The van der Waals surface area contributed by atoms with Crippen molar-refractivity contribution < 1.29 is 4.74 Å². The van der Waals surface area contributed by atoms with Gasteiger partial charge in [-0.1, -0.05) is 59.8 Å². The SMILES string of the molecule is C=C(Br)COc1ccc2ccccc2c1CC(N)CC. The summed E-state index contributed by atoms with van der Waals surface area (Å²) in [6, 6.07) is 12.6. The number of rotatable bonds is 6. The lowest BCUT2D eigenvalue weighted by Gasteiger charge is -2.17. The predicted molar refractivity (Wildman–Crippen MR) is 89.5 cm³/mol. The number of halogens is 1. The Morgan fingerprint density at radius 1 is 1.30 bits per heavy atom. The molecule has 2 N–H and O–H groups in total. The van der Waals surface area contributed by atoms with Crippen LogP contribution in [0.3, 0.4) is 0 Å². The van der Waals surface area contributed by atoms with E-state index in [-0.39, 0.29) is 6.04 Å². The second-order valence-corrected chi connectivity index (χ2v) is 6.06. The average Bonchev–Trinajstić information content (AvgIpc) is 2.46. The second kappa shape index (κ2) is 6.91. The lowest BCUT2D eigenvalue weighted by molar-refractivity contribution is 0.356. The maximum atomic E-state index is 6.14. The van der Waals surface area contributed by atoms with Crippen LogP contribution in [-0.4, -0.2) is 12.6 Å². The summed E-state index contributed by atoms with van der Waals surface area (Å²) in [5.41, 5.74) is 7.32. The van der Waals surface area contributed by atoms with Gasteiger partial charge in [0, 0.05) is 16.1 Å². The van der Waals surface area contributed by atoms with Crippen molar-refractivity contribution in [2.24, 2.45) is 5.73 Å². The Kier molecular flexibility index (Phi) is 5.21. The maximum Gasteiger partial charge on any atom is 0.123 e. The Labute approximate surface area is 128 Å². The summed E-state index contributed by atoms with van der Waals surface area (Å²) in [4.78, 5) is 0. The molecule has 0 amide bonds. The summed E-state index contributed by atoms with van der Waals surface area (Å²) >= 11 is 3.33. The fraction of sp³-hybridized carbons (Fsp3) is 0.294. The van der Waals surface area contributed by atoms with Crippen molar-refractivity contribution in [3.8, 4) is 5.75 Å². The Balaban J connectivity index is 2.44. The lowest BCUT2D eigenvalue weighted by atomic mass is 9.97. The van der Waals surface area contributed by atoms with Crippen LogP contribution in [-0.2, 0) is 6.42 Å². The summed E-state index contributed by atoms with van der Waals surface area (Å²) in [5.74, 6) is 0.896. The van der Waals surface area contributed by atoms with Crippen LogP contribution in [0, 0.1) is 0 Å². The van der Waals surface area contributed by atoms with E-state index in [0.717, 1.165) is 23.1 Å². The van der Waals surface area contributed by atoms with Gasteiger partial charge in [-0.3, -0.25) is 0 Å². The first kappa shape index (κ1) is 15.1. The topological polar surface area (TPSA) is 35.2 Å². The highest BCUT2D eigenvalue weighted by Crippen LogP contribution is 2.30. The van der Waals surface area contributed by atoms with Crippen LogP contribution in [0.4, 0.5) is 0 Å². The molecule has 0 aliphatic heterocycles. The number of nitrogens with two attached hydrogens (primary N) is 1. The Morgan fingerprint density at radius 3 is 2.75 bits per heavy atom. The minimum atomic E-state index is 0.148. The highest BCUT2D eigenvalue weighted by Gasteiger charge is 2.12. The molecule has 106 valence electrons. The molecule has 0 heterocycles. The third-order valence-corrected chi connectivity index (χ3v) is 3.60. The fourth-order valence-corrected chi connectivity index (χ4v) is 2.34. The Bertz CT molecular complexity index is 609. The first-order valence-corrected chi connectivity index (χ1v) is 7.63. The van der Waals surface area contributed by atoms with E-state index < -0.39 is 0 Å². The van der Waals surface area contributed by atoms with Crippen LogP contribution >= 0.6 is 15.9 Å². The summed E-state index contributed by atoms with van der Waals surface area (Å²) in [7, 11) is 0. The summed E-state index contributed by atoms with van der Waals surface area (Å²) in [6.07, 6.45) is 1.77. The third kappa shape index (κ3) is 3.62. The number of benzene rings is 2. The van der Waals surface area contributed by atoms with E-state index in [4.69, 9.17) is 10.5 Å². The Hall–Kier alpha value is -1.32. The van der Waals surface area contributed by atoms with E-state index in [1.54, 1.807) is 0 Å². The normalized spacial score (nSPS) is 12.3. The van der Waals surface area contributed by atoms with Gasteiger partial charge in [0.25, 0.3) is 0 Å². The van der Waals surface area contributed by atoms with Gasteiger partial charge in [-0.25, -0.2) is 0 Å². The highest BCUT2D eigenvalue weighted by atomic mass is 79.9. The van der Waals surface area contributed by atoms with Gasteiger partial charge in [-0.05, 0) is 29.7 Å². The van der Waals surface area contributed by atoms with Crippen molar-refractivity contribution in [2.45, 2.75) is 25.8 Å². The third-order valence-electron chi connectivity index (χ3n) is 3.37. The molecule has 0 aliphatic rings. The summed E-state index contributed by atoms with van der Waals surface area (Å²) in [6.45, 7) is 6.38. The molecule has 0 aromatic heterocycles. The zero-order chi connectivity index (χ0) is 14.5. The molecule has 0 aliphatic carbocycles. The van der Waals surface area contributed by atoms with Crippen molar-refractivity contribution in [3.63, 3.8) is 0 Å². The molecule has 2 nitrogen and oxygen atoms in total. The van der Waals surface area contributed by atoms with E-state index in [2.05, 4.69) is 53.7 Å². The van der Waals surface area contributed by atoms with Crippen molar-refractivity contribution in [1.82, 2.24) is 0 Å². The molecule has 0 fully saturated rings. The van der Waals surface area contributed by atoms with Crippen molar-refractivity contribution >= 4 is 26.7 Å². The quantitative estimate of drug-likeness (QED) is 0.849. The molecule has 0 saturated heterocycles. The van der Waals surface area contributed by atoms with Crippen LogP contribution in [0.5, 0.6) is 5.75 Å². The van der Waals surface area contributed by atoms with Gasteiger partial charge < -0.3 is 10.5 Å². The minimum Gasteiger partial charge on any atom is -0.488 e. The molecular weight excluding hydrogens is 314 g/mol. The largest absolute Gasteiger partial charge is 0.488 e. The second-order valence-electron chi connectivity index (χ2n) is 4.94. The number of fused-ring (bicyclic) bond motifs is 1. The van der Waals surface area contributed by atoms with Crippen LogP contribution in [0.25, 0.3) is 10.8 Å². The van der Waals surface area contributed by atoms with Crippen LogP contribution < -0.4 is 10.5 Å². The van der Waals surface area contributed by atoms with Gasteiger partial charge in [0.05, 0.1) is 0 Å². The van der Waals surface area contributed by atoms with Crippen molar-refractivity contribution in [3.05, 3.63) is 53.0 Å². The molecule has 0 bridgehead atoms. The predicted octanol–water partition coefficient (Wildman–Crippen LogP) is 4.41. The van der Waals surface area contributed by atoms with Crippen molar-refractivity contribution in [1.29, 1.82) is 0 Å². The molecule has 0 spiro atoms. The smallest absolute Gasteiger partial charge is 0.123 e. The molecule has 2 rings (SSSR count). The molecule has 1 unspecified atom stereocenters. The molecule has 20 heavy (non-hydrogen) atoms. The van der Waals surface area contributed by atoms with Gasteiger partial charge in [0.2, 0.25) is 0 Å². The van der Waals surface area contributed by atoms with E-state index in [1.807, 2.05) is 12.1 Å². The molecule has 1 atom stereocenters. The monoisotopic (exact) mass is 333 g/mol. The average molecular weight is 334 g/mol. The van der Waals surface area contributed by atoms with Crippen molar-refractivity contribution in [2.75, 3.05) is 6.61 Å². The fourth-order valence-electron chi connectivity index (χ4n) is 2.22. The van der Waals surface area contributed by atoms with E-state index in [9.17, 15) is 0 Å². The lowest BCUT2D eigenvalue weighted by Crippen LogP contribution is -2.22. The van der Waals surface area contributed by atoms with Gasteiger partial charge >= 0.3 is 0 Å². The molecule has 0 saturated carbocycles. The summed E-state index contributed by atoms with van der Waals surface area (Å²) in [5, 5.41) is 2.44. The maximum absolute atomic E-state index is 6.14. The molecule has 2 aromatic rings. The minimum absolute atomic E-state index is 0.148. The zero-order valence-electron chi connectivity index (χ0n) is 11.7. The summed E-state index contributed by atoms with van der Waals surface area (Å²) < 4.78 is 6.68. The van der Waals surface area contributed by atoms with Crippen LogP contribution in [0.2, 0.25) is 0 Å². The first-order chi connectivity index (χ1) is 9.61. The van der Waals surface area contributed by atoms with Crippen LogP contribution in [0.15, 0.2) is 47.5 Å².